The van der Waals surface area contributed by atoms with Gasteiger partial charge in [-0.05, 0) is 11.5 Å². The van der Waals surface area contributed by atoms with E-state index in [0.717, 1.165) is 16.5 Å². The minimum absolute atomic E-state index is 0.198. The van der Waals surface area contributed by atoms with Crippen molar-refractivity contribution in [3.05, 3.63) is 54.4 Å². The normalized spacial score (nSPS) is 11.0. The Morgan fingerprint density at radius 1 is 1.00 bits per heavy atom. The third kappa shape index (κ3) is 2.79. The number of fused-ring (bicyclic) bond motifs is 1. The smallest absolute Gasteiger partial charge is 0.224 e. The summed E-state index contributed by atoms with van der Waals surface area (Å²) in [7, 11) is 0. The van der Waals surface area contributed by atoms with Crippen LogP contribution in [0.1, 0.15) is 25.6 Å². The van der Waals surface area contributed by atoms with Crippen LogP contribution in [0.4, 0.5) is 5.82 Å². The van der Waals surface area contributed by atoms with Gasteiger partial charge >= 0.3 is 0 Å². The number of hydrogen-bond donors (Lipinski definition) is 1. The number of rotatable bonds is 3. The summed E-state index contributed by atoms with van der Waals surface area (Å²) < 4.78 is 5.93. The first-order chi connectivity index (χ1) is 10.1. The molecule has 0 aliphatic heterocycles. The molecule has 0 atom stereocenters. The Balaban J connectivity index is 2.03. The van der Waals surface area contributed by atoms with E-state index in [1.807, 2.05) is 44.2 Å². The van der Waals surface area contributed by atoms with Crippen molar-refractivity contribution in [3.8, 4) is 11.6 Å². The highest BCUT2D eigenvalue weighted by Gasteiger charge is 2.09. The molecular weight excluding hydrogens is 262 g/mol. The van der Waals surface area contributed by atoms with Crippen molar-refractivity contribution in [1.29, 1.82) is 0 Å². The van der Waals surface area contributed by atoms with E-state index in [2.05, 4.69) is 22.1 Å². The summed E-state index contributed by atoms with van der Waals surface area (Å²) in [6, 6.07) is 15.7. The molecule has 1 aromatic heterocycles. The number of nitrogens with two attached hydrogens (primary N) is 1. The van der Waals surface area contributed by atoms with Gasteiger partial charge in [0.05, 0.1) is 0 Å². The van der Waals surface area contributed by atoms with Crippen LogP contribution in [-0.2, 0) is 0 Å². The lowest BCUT2D eigenvalue weighted by molar-refractivity contribution is 0.462. The van der Waals surface area contributed by atoms with Gasteiger partial charge in [-0.25, -0.2) is 4.98 Å². The van der Waals surface area contributed by atoms with Gasteiger partial charge in [0.25, 0.3) is 0 Å². The second-order valence-electron chi connectivity index (χ2n) is 5.22. The largest absolute Gasteiger partial charge is 0.438 e. The van der Waals surface area contributed by atoms with Crippen LogP contribution < -0.4 is 10.5 Å². The molecule has 106 valence electrons. The summed E-state index contributed by atoms with van der Waals surface area (Å²) in [6.07, 6.45) is 0. The third-order valence-electron chi connectivity index (χ3n) is 3.22. The molecule has 0 bridgehead atoms. The molecule has 1 heterocycles. The Morgan fingerprint density at radius 2 is 1.76 bits per heavy atom. The van der Waals surface area contributed by atoms with E-state index in [9.17, 15) is 0 Å². The van der Waals surface area contributed by atoms with Crippen LogP contribution in [0.15, 0.2) is 48.5 Å². The summed E-state index contributed by atoms with van der Waals surface area (Å²) in [6.45, 7) is 4.05. The molecule has 4 nitrogen and oxygen atoms in total. The Hall–Kier alpha value is -2.62. The lowest BCUT2D eigenvalue weighted by Gasteiger charge is -2.11. The van der Waals surface area contributed by atoms with E-state index in [1.165, 1.54) is 0 Å². The van der Waals surface area contributed by atoms with E-state index in [0.29, 0.717) is 17.5 Å². The van der Waals surface area contributed by atoms with Crippen molar-refractivity contribution in [1.82, 2.24) is 9.97 Å². The molecule has 0 saturated carbocycles. The molecule has 2 N–H and O–H groups in total. The minimum Gasteiger partial charge on any atom is -0.438 e. The van der Waals surface area contributed by atoms with Crippen molar-refractivity contribution in [2.24, 2.45) is 0 Å². The molecule has 0 fully saturated rings. The molecule has 0 aliphatic rings. The van der Waals surface area contributed by atoms with Crippen molar-refractivity contribution in [3.63, 3.8) is 0 Å². The Morgan fingerprint density at radius 3 is 2.57 bits per heavy atom. The summed E-state index contributed by atoms with van der Waals surface area (Å²) in [5.74, 6) is 2.54. The quantitative estimate of drug-likeness (QED) is 0.783. The van der Waals surface area contributed by atoms with Gasteiger partial charge in [-0.15, -0.1) is 0 Å². The number of nitrogens with zero attached hydrogens (tertiary/aromatic N) is 2. The number of nitrogen functional groups attached to an aromatic ring is 1. The SMILES string of the molecule is CC(C)c1nc(N)cc(Oc2cccc3ccccc23)n1. The maximum absolute atomic E-state index is 5.93. The number of hydrogen-bond acceptors (Lipinski definition) is 4. The lowest BCUT2D eigenvalue weighted by Crippen LogP contribution is -2.03. The maximum atomic E-state index is 5.93. The van der Waals surface area contributed by atoms with Crippen LogP contribution >= 0.6 is 0 Å². The first-order valence-corrected chi connectivity index (χ1v) is 6.93. The average Bonchev–Trinajstić information content (AvgIpc) is 2.47. The Kier molecular flexibility index (Phi) is 3.44. The van der Waals surface area contributed by atoms with E-state index >= 15 is 0 Å². The topological polar surface area (TPSA) is 61.0 Å². The second kappa shape index (κ2) is 5.40. The van der Waals surface area contributed by atoms with Gasteiger partial charge < -0.3 is 10.5 Å². The first kappa shape index (κ1) is 13.4. The summed E-state index contributed by atoms with van der Waals surface area (Å²) in [4.78, 5) is 8.65. The van der Waals surface area contributed by atoms with Crippen molar-refractivity contribution in [2.75, 3.05) is 5.73 Å². The molecule has 4 heteroatoms. The molecule has 0 spiro atoms. The van der Waals surface area contributed by atoms with Crippen LogP contribution in [0, 0.1) is 0 Å². The van der Waals surface area contributed by atoms with Gasteiger partial charge in [0.15, 0.2) is 0 Å². The van der Waals surface area contributed by atoms with Crippen LogP contribution in [0.25, 0.3) is 10.8 Å². The lowest BCUT2D eigenvalue weighted by atomic mass is 10.1. The second-order valence-corrected chi connectivity index (χ2v) is 5.22. The zero-order valence-corrected chi connectivity index (χ0v) is 12.1. The van der Waals surface area contributed by atoms with E-state index in [-0.39, 0.29) is 5.92 Å². The molecule has 21 heavy (non-hydrogen) atoms. The minimum atomic E-state index is 0.198. The van der Waals surface area contributed by atoms with Crippen molar-refractivity contribution >= 4 is 16.6 Å². The fraction of sp³-hybridized carbons (Fsp3) is 0.176. The number of aromatic nitrogens is 2. The zero-order valence-electron chi connectivity index (χ0n) is 12.1. The van der Waals surface area contributed by atoms with Crippen LogP contribution in [0.2, 0.25) is 0 Å². The zero-order chi connectivity index (χ0) is 14.8. The molecule has 0 unspecified atom stereocenters. The van der Waals surface area contributed by atoms with Gasteiger partial charge in [0.2, 0.25) is 5.88 Å². The van der Waals surface area contributed by atoms with Crippen molar-refractivity contribution in [2.45, 2.75) is 19.8 Å². The fourth-order valence-corrected chi connectivity index (χ4v) is 2.17. The highest BCUT2D eigenvalue weighted by molar-refractivity contribution is 5.88. The maximum Gasteiger partial charge on any atom is 0.224 e. The van der Waals surface area contributed by atoms with Gasteiger partial charge in [-0.3, -0.25) is 0 Å². The number of benzene rings is 2. The van der Waals surface area contributed by atoms with Gasteiger partial charge in [-0.2, -0.15) is 4.98 Å². The van der Waals surface area contributed by atoms with E-state index in [1.54, 1.807) is 6.07 Å². The van der Waals surface area contributed by atoms with E-state index in [4.69, 9.17) is 10.5 Å². The standard InChI is InChI=1S/C17H17N3O/c1-11(2)17-19-15(18)10-16(20-17)21-14-9-5-7-12-6-3-4-8-13(12)14/h3-11H,1-2H3,(H2,18,19,20). The fourth-order valence-electron chi connectivity index (χ4n) is 2.17. The van der Waals surface area contributed by atoms with E-state index < -0.39 is 0 Å². The third-order valence-corrected chi connectivity index (χ3v) is 3.22. The Bertz CT molecular complexity index is 779. The highest BCUT2D eigenvalue weighted by Crippen LogP contribution is 2.29. The van der Waals surface area contributed by atoms with Gasteiger partial charge in [-0.1, -0.05) is 50.2 Å². The predicted octanol–water partition coefficient (Wildman–Crippen LogP) is 4.13. The molecular formula is C17H17N3O. The number of ether oxygens (including phenoxy) is 1. The molecule has 0 amide bonds. The molecule has 3 rings (SSSR count). The Labute approximate surface area is 123 Å². The highest BCUT2D eigenvalue weighted by atomic mass is 16.5. The molecule has 0 saturated heterocycles. The summed E-state index contributed by atoms with van der Waals surface area (Å²) >= 11 is 0. The van der Waals surface area contributed by atoms with Crippen LogP contribution in [0.5, 0.6) is 11.6 Å². The summed E-state index contributed by atoms with van der Waals surface area (Å²) in [5, 5.41) is 2.17. The average molecular weight is 279 g/mol. The summed E-state index contributed by atoms with van der Waals surface area (Å²) in [5.41, 5.74) is 5.83. The first-order valence-electron chi connectivity index (χ1n) is 6.93. The predicted molar refractivity (Wildman–Crippen MR) is 84.6 cm³/mol. The van der Waals surface area contributed by atoms with Gasteiger partial charge in [0.1, 0.15) is 17.4 Å². The molecule has 3 aromatic rings. The van der Waals surface area contributed by atoms with Crippen LogP contribution in [0.3, 0.4) is 0 Å². The van der Waals surface area contributed by atoms with Crippen molar-refractivity contribution < 1.29 is 4.74 Å². The number of anilines is 1. The molecule has 0 aliphatic carbocycles. The van der Waals surface area contributed by atoms with Crippen LogP contribution in [-0.4, -0.2) is 9.97 Å². The molecule has 0 radical (unpaired) electrons. The van der Waals surface area contributed by atoms with Gasteiger partial charge in [0, 0.05) is 17.4 Å². The molecule has 2 aromatic carbocycles. The monoisotopic (exact) mass is 279 g/mol.